The van der Waals surface area contributed by atoms with Crippen LogP contribution < -0.4 is 37.9 Å². The predicted molar refractivity (Wildman–Crippen MR) is 533 cm³/mol. The zero-order chi connectivity index (χ0) is 99.2. The second kappa shape index (κ2) is 44.4. The Morgan fingerprint density at radius 3 is 0.674 bits per heavy atom. The molecule has 2 N–H and O–H groups in total. The Bertz CT molecular complexity index is 6020. The highest BCUT2D eigenvalue weighted by Gasteiger charge is 2.33. The van der Waals surface area contributed by atoms with Gasteiger partial charge in [-0.15, -0.1) is 0 Å². The standard InChI is InChI=1S/2C30H33FO4.2C29H31FO4/c2*1-30(2,3)27-14-19(6-11-25(27)26-17-22(33-4)10-13-28(26)31)18-35-23-9-12-24-20(15-23)7-8-21(24)16-29(32)34-5;2*1-29(2,3)26-13-18(5-10-24(26)25-16-21(33-4)9-12-27(25)30)17-34-22-8-11-23-19(14-22)6-7-20(23)15-28(31)32/h2*6,9-15,17,21H,7-8,16,18H2,1-5H3;2*5,8-14,16,20H,6-7,15,17H2,1-4H3,(H,31,32)/t2*21-;2*20-/m1010/s1. The molecule has 16 rings (SSSR count). The molecule has 12 aromatic carbocycles. The van der Waals surface area contributed by atoms with Crippen molar-refractivity contribution in [3.63, 3.8) is 0 Å². The van der Waals surface area contributed by atoms with E-state index in [1.165, 1.54) is 71.9 Å². The number of carboxylic acids is 2. The molecule has 12 aromatic rings. The molecule has 0 spiro atoms. The Kier molecular flexibility index (Phi) is 32.8. The number of carbonyl (C=O) groups excluding carboxylic acids is 2. The van der Waals surface area contributed by atoms with Gasteiger partial charge in [0.2, 0.25) is 0 Å². The van der Waals surface area contributed by atoms with Gasteiger partial charge in [0.1, 0.15) is 95.7 Å². The van der Waals surface area contributed by atoms with Gasteiger partial charge in [0.25, 0.3) is 0 Å². The minimum Gasteiger partial charge on any atom is -0.497 e. The molecule has 724 valence electrons. The van der Waals surface area contributed by atoms with Gasteiger partial charge in [0.15, 0.2) is 0 Å². The zero-order valence-electron chi connectivity index (χ0n) is 82.5. The number of benzene rings is 12. The number of fused-ring (bicyclic) bond motifs is 4. The van der Waals surface area contributed by atoms with Crippen LogP contribution in [-0.4, -0.2) is 76.7 Å². The van der Waals surface area contributed by atoms with E-state index in [4.69, 9.17) is 57.6 Å². The molecule has 0 fully saturated rings. The number of carboxylic acid groups (broad SMARTS) is 2. The quantitative estimate of drug-likeness (QED) is 0.0346. The number of aliphatic carboxylic acids is 2. The van der Waals surface area contributed by atoms with Crippen molar-refractivity contribution in [2.45, 2.75) is 232 Å². The molecule has 0 aromatic heterocycles. The first-order chi connectivity index (χ1) is 65.7. The average molecular weight is 1880 g/mol. The first kappa shape index (κ1) is 102. The normalized spacial score (nSPS) is 15.1. The number of halogens is 4. The van der Waals surface area contributed by atoms with Gasteiger partial charge in [0, 0.05) is 22.3 Å². The number of aryl methyl sites for hydroxylation is 4. The van der Waals surface area contributed by atoms with Crippen LogP contribution in [0.1, 0.15) is 247 Å². The maximum Gasteiger partial charge on any atom is 0.306 e. The summed E-state index contributed by atoms with van der Waals surface area (Å²) in [6, 6.07) is 67.5. The van der Waals surface area contributed by atoms with E-state index < -0.39 is 11.9 Å². The van der Waals surface area contributed by atoms with E-state index in [9.17, 15) is 36.7 Å². The molecule has 0 radical (unpaired) electrons. The Labute approximate surface area is 809 Å². The highest BCUT2D eigenvalue weighted by atomic mass is 19.1. The zero-order valence-corrected chi connectivity index (χ0v) is 82.5. The molecule has 4 aliphatic rings. The maximum atomic E-state index is 14.8. The molecule has 0 bridgehead atoms. The number of methoxy groups -OCH3 is 6. The van der Waals surface area contributed by atoms with E-state index >= 15 is 0 Å². The molecule has 0 unspecified atom stereocenters. The van der Waals surface area contributed by atoms with Crippen molar-refractivity contribution < 1.29 is 94.3 Å². The fraction of sp³-hybridized carbons (Fsp3) is 0.356. The number of hydrogen-bond acceptors (Lipinski definition) is 14. The highest BCUT2D eigenvalue weighted by Crippen LogP contribution is 2.47. The van der Waals surface area contributed by atoms with Crippen LogP contribution >= 0.6 is 0 Å². The lowest BCUT2D eigenvalue weighted by molar-refractivity contribution is -0.142. The lowest BCUT2D eigenvalue weighted by Crippen LogP contribution is -2.14. The first-order valence-electron chi connectivity index (χ1n) is 47.2. The van der Waals surface area contributed by atoms with Crippen molar-refractivity contribution in [2.75, 3.05) is 42.7 Å². The van der Waals surface area contributed by atoms with E-state index in [-0.39, 0.29) is 93.4 Å². The monoisotopic (exact) mass is 1880 g/mol. The second-order valence-corrected chi connectivity index (χ2v) is 40.2. The second-order valence-electron chi connectivity index (χ2n) is 40.2. The number of ether oxygens (including phenoxy) is 10. The van der Waals surface area contributed by atoms with Gasteiger partial charge < -0.3 is 57.6 Å². The van der Waals surface area contributed by atoms with Crippen LogP contribution in [0.3, 0.4) is 0 Å². The molecule has 0 saturated carbocycles. The summed E-state index contributed by atoms with van der Waals surface area (Å²) in [4.78, 5) is 45.6. The van der Waals surface area contributed by atoms with Crippen molar-refractivity contribution in [2.24, 2.45) is 0 Å². The van der Waals surface area contributed by atoms with Gasteiger partial charge >= 0.3 is 23.9 Å². The van der Waals surface area contributed by atoms with Crippen LogP contribution in [0.4, 0.5) is 17.6 Å². The van der Waals surface area contributed by atoms with Gasteiger partial charge in [-0.3, -0.25) is 19.2 Å². The Hall–Kier alpha value is -13.4. The smallest absolute Gasteiger partial charge is 0.306 e. The van der Waals surface area contributed by atoms with Crippen LogP contribution in [0.15, 0.2) is 218 Å². The number of carbonyl (C=O) groups is 4. The first-order valence-corrected chi connectivity index (χ1v) is 47.2. The van der Waals surface area contributed by atoms with Gasteiger partial charge in [-0.25, -0.2) is 17.6 Å². The van der Waals surface area contributed by atoms with Crippen LogP contribution in [0.5, 0.6) is 46.0 Å². The minimum absolute atomic E-state index is 0.0837. The summed E-state index contributed by atoms with van der Waals surface area (Å²) in [5, 5.41) is 18.3. The van der Waals surface area contributed by atoms with Crippen molar-refractivity contribution >= 4 is 23.9 Å². The number of hydrogen-bond donors (Lipinski definition) is 2. The molecule has 0 saturated heterocycles. The fourth-order valence-corrected chi connectivity index (χ4v) is 19.1. The average Bonchev–Trinajstić information content (AvgIpc) is 1.19. The van der Waals surface area contributed by atoms with Crippen LogP contribution in [-0.2, 0) is 102 Å². The molecular weight excluding hydrogens is 1750 g/mol. The molecule has 4 aliphatic carbocycles. The third-order valence-corrected chi connectivity index (χ3v) is 26.4. The van der Waals surface area contributed by atoms with Gasteiger partial charge in [-0.1, -0.05) is 180 Å². The maximum absolute atomic E-state index is 14.8. The summed E-state index contributed by atoms with van der Waals surface area (Å²) >= 11 is 0. The highest BCUT2D eigenvalue weighted by molar-refractivity contribution is 5.77. The van der Waals surface area contributed by atoms with Crippen molar-refractivity contribution in [3.05, 3.63) is 331 Å². The lowest BCUT2D eigenvalue weighted by atomic mass is 9.81. The van der Waals surface area contributed by atoms with E-state index in [2.05, 4.69) is 132 Å². The summed E-state index contributed by atoms with van der Waals surface area (Å²) in [5.41, 5.74) is 22.4. The summed E-state index contributed by atoms with van der Waals surface area (Å²) in [6.45, 7) is 27.0. The van der Waals surface area contributed by atoms with Crippen molar-refractivity contribution in [1.29, 1.82) is 0 Å². The van der Waals surface area contributed by atoms with Gasteiger partial charge in [0.05, 0.1) is 68.3 Å². The minimum atomic E-state index is -0.759. The molecule has 138 heavy (non-hydrogen) atoms. The topological polar surface area (TPSA) is 201 Å². The van der Waals surface area contributed by atoms with E-state index in [1.807, 2.05) is 97.1 Å². The molecule has 0 aliphatic heterocycles. The van der Waals surface area contributed by atoms with E-state index in [0.29, 0.717) is 84.5 Å². The predicted octanol–water partition coefficient (Wildman–Crippen LogP) is 27.7. The third kappa shape index (κ3) is 25.5. The molecule has 4 atom stereocenters. The van der Waals surface area contributed by atoms with Crippen LogP contribution in [0.2, 0.25) is 0 Å². The van der Waals surface area contributed by atoms with Gasteiger partial charge in [-0.2, -0.15) is 0 Å². The molecule has 0 heterocycles. The largest absolute Gasteiger partial charge is 0.497 e. The Balaban J connectivity index is 0.000000155. The fourth-order valence-electron chi connectivity index (χ4n) is 19.1. The molecule has 16 nitrogen and oxygen atoms in total. The summed E-state index contributed by atoms with van der Waals surface area (Å²) in [6.07, 6.45) is 8.41. The SMILES string of the molecule is COC(=O)C[C@@H]1CCc2cc(OCc3ccc(-c4cc(OC)ccc4F)c(C(C)(C)C)c3)ccc21.COC(=O)C[C@H]1CCc2cc(OCc3ccc(-c4cc(OC)ccc4F)c(C(C)(C)C)c3)ccc21.COc1ccc(F)c(-c2ccc(COc3ccc4c(c3)CC[C@@H]4CC(=O)O)cc2C(C)(C)C)c1.COc1ccc(F)c(-c2ccc(COc3ccc4c(c3)CC[C@H]4CC(=O)O)cc2C(C)(C)C)c1. The van der Waals surface area contributed by atoms with Crippen LogP contribution in [0.25, 0.3) is 44.5 Å². The van der Waals surface area contributed by atoms with E-state index in [1.54, 1.807) is 77.0 Å². The van der Waals surface area contributed by atoms with E-state index in [0.717, 1.165) is 152 Å². The Morgan fingerprint density at radius 2 is 0.478 bits per heavy atom. The summed E-state index contributed by atoms with van der Waals surface area (Å²) in [5.74, 6) is 3.26. The van der Waals surface area contributed by atoms with Crippen molar-refractivity contribution in [3.8, 4) is 90.5 Å². The molecule has 0 amide bonds. The van der Waals surface area contributed by atoms with Gasteiger partial charge in [-0.05, 0) is 329 Å². The Morgan fingerprint density at radius 1 is 0.268 bits per heavy atom. The molecular formula is C118H128F4O16. The molecule has 20 heteroatoms. The summed E-state index contributed by atoms with van der Waals surface area (Å²) in [7, 11) is 9.18. The number of rotatable bonds is 28. The third-order valence-electron chi connectivity index (χ3n) is 26.4. The summed E-state index contributed by atoms with van der Waals surface area (Å²) < 4.78 is 114. The lowest BCUT2D eigenvalue weighted by Gasteiger charge is -2.24. The number of esters is 2. The van der Waals surface area contributed by atoms with Crippen LogP contribution in [0, 0.1) is 23.3 Å². The van der Waals surface area contributed by atoms with Crippen molar-refractivity contribution in [1.82, 2.24) is 0 Å².